The highest BCUT2D eigenvalue weighted by molar-refractivity contribution is 6.30. The van der Waals surface area contributed by atoms with Gasteiger partial charge in [0.2, 0.25) is 0 Å². The topological polar surface area (TPSA) is 55.6 Å². The summed E-state index contributed by atoms with van der Waals surface area (Å²) in [6.07, 6.45) is 0.986. The smallest absolute Gasteiger partial charge is 0.260 e. The van der Waals surface area contributed by atoms with Gasteiger partial charge in [-0.15, -0.1) is 12.4 Å². The van der Waals surface area contributed by atoms with Crippen LogP contribution >= 0.6 is 24.0 Å². The molecule has 2 N–H and O–H groups in total. The number of likely N-dealkylation sites (tertiary alicyclic amines) is 1. The Labute approximate surface area is 124 Å². The molecule has 1 saturated heterocycles. The Morgan fingerprint density at radius 2 is 2.32 bits per heavy atom. The molecular weight excluding hydrogens is 287 g/mol. The molecule has 1 aliphatic rings. The molecule has 0 spiro atoms. The minimum Gasteiger partial charge on any atom is -0.484 e. The number of rotatable bonds is 4. The lowest BCUT2D eigenvalue weighted by Gasteiger charge is -2.16. The lowest BCUT2D eigenvalue weighted by molar-refractivity contribution is -0.132. The molecule has 1 amide bonds. The van der Waals surface area contributed by atoms with Gasteiger partial charge in [0.25, 0.3) is 5.91 Å². The molecule has 19 heavy (non-hydrogen) atoms. The molecular formula is C13H18Cl2N2O2. The van der Waals surface area contributed by atoms with Crippen molar-refractivity contribution in [2.75, 3.05) is 26.2 Å². The van der Waals surface area contributed by atoms with Crippen LogP contribution in [0.1, 0.15) is 6.42 Å². The SMILES string of the molecule is Cl.NCC1CCN(C(=O)COc2cccc(Cl)c2)C1. The predicted molar refractivity (Wildman–Crippen MR) is 77.9 cm³/mol. The van der Waals surface area contributed by atoms with E-state index in [2.05, 4.69) is 0 Å². The maximum Gasteiger partial charge on any atom is 0.260 e. The highest BCUT2D eigenvalue weighted by atomic mass is 35.5. The van der Waals surface area contributed by atoms with E-state index < -0.39 is 0 Å². The van der Waals surface area contributed by atoms with E-state index in [0.29, 0.717) is 23.2 Å². The number of hydrogen-bond donors (Lipinski definition) is 1. The van der Waals surface area contributed by atoms with Crippen molar-refractivity contribution in [1.29, 1.82) is 0 Å². The first kappa shape index (κ1) is 16.1. The standard InChI is InChI=1S/C13H17ClN2O2.ClH/c14-11-2-1-3-12(6-11)18-9-13(17)16-5-4-10(7-15)8-16;/h1-3,6,10H,4-5,7-9,15H2;1H. The second-order valence-electron chi connectivity index (χ2n) is 4.48. The number of hydrogen-bond acceptors (Lipinski definition) is 3. The number of amides is 1. The zero-order valence-corrected chi connectivity index (χ0v) is 12.1. The number of nitrogens with two attached hydrogens (primary N) is 1. The van der Waals surface area contributed by atoms with Crippen LogP contribution in [0.2, 0.25) is 5.02 Å². The van der Waals surface area contributed by atoms with Gasteiger partial charge < -0.3 is 15.4 Å². The molecule has 1 heterocycles. The Balaban J connectivity index is 0.00000180. The summed E-state index contributed by atoms with van der Waals surface area (Å²) in [4.78, 5) is 13.7. The normalized spacial score (nSPS) is 18.0. The van der Waals surface area contributed by atoms with Crippen LogP contribution in [-0.4, -0.2) is 37.0 Å². The van der Waals surface area contributed by atoms with Gasteiger partial charge in [0.15, 0.2) is 6.61 Å². The fraction of sp³-hybridized carbons (Fsp3) is 0.462. The van der Waals surface area contributed by atoms with Crippen LogP contribution < -0.4 is 10.5 Å². The van der Waals surface area contributed by atoms with Gasteiger partial charge in [-0.05, 0) is 37.1 Å². The summed E-state index contributed by atoms with van der Waals surface area (Å²) in [5.74, 6) is 1.05. The fourth-order valence-electron chi connectivity index (χ4n) is 2.04. The van der Waals surface area contributed by atoms with Crippen molar-refractivity contribution in [3.8, 4) is 5.75 Å². The lowest BCUT2D eigenvalue weighted by atomic mass is 10.1. The molecule has 1 atom stereocenters. The Hall–Kier alpha value is -0.970. The van der Waals surface area contributed by atoms with Gasteiger partial charge in [-0.3, -0.25) is 4.79 Å². The average molecular weight is 305 g/mol. The van der Waals surface area contributed by atoms with Crippen molar-refractivity contribution >= 4 is 29.9 Å². The number of nitrogens with zero attached hydrogens (tertiary/aromatic N) is 1. The first-order valence-electron chi connectivity index (χ1n) is 6.05. The molecule has 2 rings (SSSR count). The number of benzene rings is 1. The zero-order chi connectivity index (χ0) is 13.0. The second kappa shape index (κ2) is 7.58. The maximum atomic E-state index is 11.9. The van der Waals surface area contributed by atoms with Gasteiger partial charge in [-0.25, -0.2) is 0 Å². The molecule has 0 aromatic heterocycles. The first-order chi connectivity index (χ1) is 8.69. The third-order valence-electron chi connectivity index (χ3n) is 3.13. The van der Waals surface area contributed by atoms with E-state index in [4.69, 9.17) is 22.1 Å². The number of ether oxygens (including phenoxy) is 1. The predicted octanol–water partition coefficient (Wildman–Crippen LogP) is 1.95. The highest BCUT2D eigenvalue weighted by Gasteiger charge is 2.25. The molecule has 0 aliphatic carbocycles. The van der Waals surface area contributed by atoms with E-state index in [9.17, 15) is 4.79 Å². The van der Waals surface area contributed by atoms with Crippen LogP contribution in [0.4, 0.5) is 0 Å². The van der Waals surface area contributed by atoms with E-state index in [0.717, 1.165) is 19.5 Å². The lowest BCUT2D eigenvalue weighted by Crippen LogP contribution is -2.33. The van der Waals surface area contributed by atoms with E-state index in [1.807, 2.05) is 4.90 Å². The quantitative estimate of drug-likeness (QED) is 0.925. The summed E-state index contributed by atoms with van der Waals surface area (Å²) < 4.78 is 5.42. The van der Waals surface area contributed by atoms with E-state index in [1.54, 1.807) is 24.3 Å². The Kier molecular flexibility index (Phi) is 6.42. The van der Waals surface area contributed by atoms with Crippen molar-refractivity contribution in [2.24, 2.45) is 11.7 Å². The van der Waals surface area contributed by atoms with Crippen molar-refractivity contribution in [2.45, 2.75) is 6.42 Å². The number of carbonyl (C=O) groups is 1. The third kappa shape index (κ3) is 4.56. The molecule has 4 nitrogen and oxygen atoms in total. The van der Waals surface area contributed by atoms with E-state index in [-0.39, 0.29) is 24.9 Å². The van der Waals surface area contributed by atoms with Crippen LogP contribution in [0.15, 0.2) is 24.3 Å². The molecule has 0 saturated carbocycles. The Morgan fingerprint density at radius 1 is 1.53 bits per heavy atom. The molecule has 106 valence electrons. The summed E-state index contributed by atoms with van der Waals surface area (Å²) in [7, 11) is 0. The zero-order valence-electron chi connectivity index (χ0n) is 10.5. The van der Waals surface area contributed by atoms with Gasteiger partial charge in [-0.2, -0.15) is 0 Å². The molecule has 1 fully saturated rings. The van der Waals surface area contributed by atoms with Gasteiger partial charge in [0.05, 0.1) is 0 Å². The van der Waals surface area contributed by atoms with Crippen LogP contribution in [0, 0.1) is 5.92 Å². The minimum absolute atomic E-state index is 0. The number of halogens is 2. The van der Waals surface area contributed by atoms with Crippen LogP contribution in [0.25, 0.3) is 0 Å². The monoisotopic (exact) mass is 304 g/mol. The van der Waals surface area contributed by atoms with Gasteiger partial charge in [0.1, 0.15) is 5.75 Å². The van der Waals surface area contributed by atoms with Crippen molar-refractivity contribution in [1.82, 2.24) is 4.90 Å². The minimum atomic E-state index is 0. The third-order valence-corrected chi connectivity index (χ3v) is 3.37. The largest absolute Gasteiger partial charge is 0.484 e. The average Bonchev–Trinajstić information content (AvgIpc) is 2.85. The van der Waals surface area contributed by atoms with Crippen LogP contribution in [0.5, 0.6) is 5.75 Å². The molecule has 6 heteroatoms. The Morgan fingerprint density at radius 3 is 2.95 bits per heavy atom. The molecule has 1 aromatic rings. The second-order valence-corrected chi connectivity index (χ2v) is 4.91. The van der Waals surface area contributed by atoms with Gasteiger partial charge in [-0.1, -0.05) is 17.7 Å². The molecule has 0 bridgehead atoms. The first-order valence-corrected chi connectivity index (χ1v) is 6.43. The van der Waals surface area contributed by atoms with Gasteiger partial charge in [0, 0.05) is 18.1 Å². The summed E-state index contributed by atoms with van der Waals surface area (Å²) in [5, 5.41) is 0.601. The highest BCUT2D eigenvalue weighted by Crippen LogP contribution is 2.18. The van der Waals surface area contributed by atoms with E-state index in [1.165, 1.54) is 0 Å². The summed E-state index contributed by atoms with van der Waals surface area (Å²) in [5.41, 5.74) is 5.59. The van der Waals surface area contributed by atoms with Gasteiger partial charge >= 0.3 is 0 Å². The van der Waals surface area contributed by atoms with E-state index >= 15 is 0 Å². The summed E-state index contributed by atoms with van der Waals surface area (Å²) in [6.45, 7) is 2.21. The summed E-state index contributed by atoms with van der Waals surface area (Å²) in [6, 6.07) is 7.04. The van der Waals surface area contributed by atoms with Crippen LogP contribution in [0.3, 0.4) is 0 Å². The molecule has 0 radical (unpaired) electrons. The van der Waals surface area contributed by atoms with Crippen molar-refractivity contribution in [3.63, 3.8) is 0 Å². The maximum absolute atomic E-state index is 11.9. The van der Waals surface area contributed by atoms with Crippen LogP contribution in [-0.2, 0) is 4.79 Å². The fourth-order valence-corrected chi connectivity index (χ4v) is 2.22. The molecule has 1 unspecified atom stereocenters. The Bertz CT molecular complexity index is 429. The number of carbonyl (C=O) groups excluding carboxylic acids is 1. The van der Waals surface area contributed by atoms with Crippen molar-refractivity contribution in [3.05, 3.63) is 29.3 Å². The van der Waals surface area contributed by atoms with Crippen molar-refractivity contribution < 1.29 is 9.53 Å². The summed E-state index contributed by atoms with van der Waals surface area (Å²) >= 11 is 5.84. The molecule has 1 aliphatic heterocycles. The molecule has 1 aromatic carbocycles.